The van der Waals surface area contributed by atoms with Gasteiger partial charge in [0.25, 0.3) is 5.91 Å². The molecule has 8 heteroatoms. The summed E-state index contributed by atoms with van der Waals surface area (Å²) in [5.74, 6) is -2.13. The molecular weight excluding hydrogens is 449 g/mol. The molecule has 1 heterocycles. The summed E-state index contributed by atoms with van der Waals surface area (Å²) in [6.45, 7) is 1.46. The van der Waals surface area contributed by atoms with Crippen molar-refractivity contribution < 1.29 is 23.2 Å². The summed E-state index contributed by atoms with van der Waals surface area (Å²) < 4.78 is 20.1. The molecule has 1 unspecified atom stereocenters. The van der Waals surface area contributed by atoms with E-state index in [0.717, 1.165) is 31.2 Å². The van der Waals surface area contributed by atoms with Crippen LogP contribution in [0.3, 0.4) is 0 Å². The van der Waals surface area contributed by atoms with E-state index in [2.05, 4.69) is 10.6 Å². The number of aryl methyl sites for hydroxylation is 1. The molecule has 1 aromatic heterocycles. The van der Waals surface area contributed by atoms with E-state index in [1.54, 1.807) is 30.3 Å². The molecule has 1 saturated carbocycles. The molecule has 0 aliphatic heterocycles. The third-order valence-corrected chi connectivity index (χ3v) is 6.10. The van der Waals surface area contributed by atoms with Crippen molar-refractivity contribution in [1.82, 2.24) is 10.6 Å². The first-order chi connectivity index (χ1) is 16.9. The van der Waals surface area contributed by atoms with Gasteiger partial charge in [-0.2, -0.15) is 0 Å². The lowest BCUT2D eigenvalue weighted by atomic mass is 10.0. The summed E-state index contributed by atoms with van der Waals surface area (Å²) >= 11 is 0. The Hall–Kier alpha value is -3.94. The second-order valence-electron chi connectivity index (χ2n) is 8.68. The Morgan fingerprint density at radius 1 is 1.06 bits per heavy atom. The smallest absolute Gasteiger partial charge is 0.287 e. The molecule has 7 nitrogen and oxygen atoms in total. The zero-order valence-corrected chi connectivity index (χ0v) is 19.5. The van der Waals surface area contributed by atoms with Gasteiger partial charge in [0.2, 0.25) is 11.8 Å². The maximum Gasteiger partial charge on any atom is 0.287 e. The first-order valence-corrected chi connectivity index (χ1v) is 11.7. The predicted octanol–water partition coefficient (Wildman–Crippen LogP) is 4.29. The van der Waals surface area contributed by atoms with E-state index in [0.29, 0.717) is 5.69 Å². The lowest BCUT2D eigenvalue weighted by molar-refractivity contribution is -0.126. The third kappa shape index (κ3) is 5.77. The fraction of sp³-hybridized carbons (Fsp3) is 0.296. The quantitative estimate of drug-likeness (QED) is 0.506. The summed E-state index contributed by atoms with van der Waals surface area (Å²) in [5.41, 5.74) is 1.37. The number of carbonyl (C=O) groups is 3. The van der Waals surface area contributed by atoms with Gasteiger partial charge >= 0.3 is 0 Å². The van der Waals surface area contributed by atoms with Crippen LogP contribution in [0.1, 0.15) is 53.4 Å². The topological polar surface area (TPSA) is 91.7 Å². The number of hydrogen-bond donors (Lipinski definition) is 2. The second-order valence-corrected chi connectivity index (χ2v) is 8.68. The van der Waals surface area contributed by atoms with Crippen LogP contribution < -0.4 is 15.5 Å². The number of halogens is 1. The first kappa shape index (κ1) is 24.2. The molecule has 1 fully saturated rings. The number of nitrogens with zero attached hydrogens (tertiary/aromatic N) is 1. The summed E-state index contributed by atoms with van der Waals surface area (Å²) in [7, 11) is 0. The molecule has 35 heavy (non-hydrogen) atoms. The minimum Gasteiger partial charge on any atom is -0.459 e. The van der Waals surface area contributed by atoms with Crippen molar-refractivity contribution in [2.75, 3.05) is 11.4 Å². The van der Waals surface area contributed by atoms with Crippen molar-refractivity contribution in [2.24, 2.45) is 0 Å². The average molecular weight is 478 g/mol. The molecule has 1 aliphatic rings. The van der Waals surface area contributed by atoms with Crippen LogP contribution in [0.15, 0.2) is 71.3 Å². The van der Waals surface area contributed by atoms with Crippen LogP contribution in [0.25, 0.3) is 0 Å². The lowest BCUT2D eigenvalue weighted by Crippen LogP contribution is -2.49. The summed E-state index contributed by atoms with van der Waals surface area (Å²) in [4.78, 5) is 40.8. The monoisotopic (exact) mass is 477 g/mol. The number of rotatable bonds is 8. The molecular formula is C27H28FN3O4. The van der Waals surface area contributed by atoms with Crippen molar-refractivity contribution in [2.45, 2.75) is 44.7 Å². The number of benzene rings is 2. The van der Waals surface area contributed by atoms with E-state index in [1.165, 1.54) is 35.4 Å². The molecule has 0 bridgehead atoms. The van der Waals surface area contributed by atoms with Gasteiger partial charge < -0.3 is 15.1 Å². The minimum absolute atomic E-state index is 0.0232. The van der Waals surface area contributed by atoms with E-state index in [1.807, 2.05) is 13.0 Å². The number of nitrogens with one attached hydrogen (secondary N) is 2. The number of furan rings is 1. The Kier molecular flexibility index (Phi) is 7.60. The normalized spacial score (nSPS) is 14.3. The molecule has 3 amide bonds. The molecule has 0 radical (unpaired) electrons. The molecule has 1 aliphatic carbocycles. The standard InChI is InChI=1S/C27H28FN3O4/c1-18-8-6-11-20(16-18)31(24(32)17-29-26(33)23-14-7-15-35-23)25(21-12-4-5-13-22(21)28)27(34)30-19-9-2-3-10-19/h4-8,11-16,19,25H,2-3,9-10,17H2,1H3,(H,29,33)(H,30,34). The van der Waals surface area contributed by atoms with Gasteiger partial charge in [-0.3, -0.25) is 19.3 Å². The van der Waals surface area contributed by atoms with Gasteiger partial charge in [0, 0.05) is 17.3 Å². The summed E-state index contributed by atoms with van der Waals surface area (Å²) in [6.07, 6.45) is 5.06. The maximum atomic E-state index is 15.0. The Bertz CT molecular complexity index is 1190. The van der Waals surface area contributed by atoms with Gasteiger partial charge in [-0.25, -0.2) is 4.39 Å². The number of hydrogen-bond acceptors (Lipinski definition) is 4. The van der Waals surface area contributed by atoms with Gasteiger partial charge in [0.15, 0.2) is 5.76 Å². The Morgan fingerprint density at radius 2 is 1.83 bits per heavy atom. The van der Waals surface area contributed by atoms with Crippen molar-refractivity contribution in [1.29, 1.82) is 0 Å². The van der Waals surface area contributed by atoms with Crippen LogP contribution in [-0.2, 0) is 9.59 Å². The zero-order chi connectivity index (χ0) is 24.8. The number of carbonyl (C=O) groups excluding carboxylic acids is 3. The SMILES string of the molecule is Cc1cccc(N(C(=O)CNC(=O)c2ccco2)C(C(=O)NC2CCCC2)c2ccccc2F)c1. The molecule has 2 N–H and O–H groups in total. The summed E-state index contributed by atoms with van der Waals surface area (Å²) in [5, 5.41) is 5.54. The Labute approximate surface area is 203 Å². The van der Waals surface area contributed by atoms with Crippen LogP contribution in [0.5, 0.6) is 0 Å². The van der Waals surface area contributed by atoms with Crippen molar-refractivity contribution in [3.63, 3.8) is 0 Å². The van der Waals surface area contributed by atoms with Crippen LogP contribution in [0, 0.1) is 12.7 Å². The Morgan fingerprint density at radius 3 is 2.51 bits per heavy atom. The predicted molar refractivity (Wildman–Crippen MR) is 129 cm³/mol. The molecule has 1 atom stereocenters. The fourth-order valence-corrected chi connectivity index (χ4v) is 4.40. The van der Waals surface area contributed by atoms with Gasteiger partial charge in [0.05, 0.1) is 12.8 Å². The highest BCUT2D eigenvalue weighted by Crippen LogP contribution is 2.31. The van der Waals surface area contributed by atoms with Crippen LogP contribution in [-0.4, -0.2) is 30.3 Å². The third-order valence-electron chi connectivity index (χ3n) is 6.10. The molecule has 0 saturated heterocycles. The van der Waals surface area contributed by atoms with Crippen molar-refractivity contribution >= 4 is 23.4 Å². The highest BCUT2D eigenvalue weighted by molar-refractivity contribution is 6.04. The second kappa shape index (κ2) is 11.0. The van der Waals surface area contributed by atoms with Gasteiger partial charge in [-0.05, 0) is 55.7 Å². The van der Waals surface area contributed by atoms with Gasteiger partial charge in [-0.1, -0.05) is 43.2 Å². The fourth-order valence-electron chi connectivity index (χ4n) is 4.40. The molecule has 0 spiro atoms. The summed E-state index contributed by atoms with van der Waals surface area (Å²) in [6, 6.07) is 14.8. The Balaban J connectivity index is 1.70. The van der Waals surface area contributed by atoms with Gasteiger partial charge in [-0.15, -0.1) is 0 Å². The van der Waals surface area contributed by atoms with Crippen molar-refractivity contribution in [3.8, 4) is 0 Å². The minimum atomic E-state index is -1.26. The van der Waals surface area contributed by atoms with E-state index in [4.69, 9.17) is 4.42 Å². The molecule has 4 rings (SSSR count). The highest BCUT2D eigenvalue weighted by Gasteiger charge is 2.36. The van der Waals surface area contributed by atoms with E-state index >= 15 is 4.39 Å². The van der Waals surface area contributed by atoms with Crippen LogP contribution >= 0.6 is 0 Å². The van der Waals surface area contributed by atoms with E-state index < -0.39 is 36.1 Å². The van der Waals surface area contributed by atoms with E-state index in [-0.39, 0.29) is 17.4 Å². The zero-order valence-electron chi connectivity index (χ0n) is 19.5. The first-order valence-electron chi connectivity index (χ1n) is 11.7. The number of anilines is 1. The lowest BCUT2D eigenvalue weighted by Gasteiger charge is -2.32. The highest BCUT2D eigenvalue weighted by atomic mass is 19.1. The van der Waals surface area contributed by atoms with E-state index in [9.17, 15) is 14.4 Å². The number of amides is 3. The molecule has 3 aromatic rings. The van der Waals surface area contributed by atoms with Gasteiger partial charge in [0.1, 0.15) is 11.9 Å². The van der Waals surface area contributed by atoms with Crippen molar-refractivity contribution in [3.05, 3.63) is 89.6 Å². The van der Waals surface area contributed by atoms with Crippen LogP contribution in [0.2, 0.25) is 0 Å². The average Bonchev–Trinajstić information content (AvgIpc) is 3.56. The van der Waals surface area contributed by atoms with Crippen LogP contribution in [0.4, 0.5) is 10.1 Å². The largest absolute Gasteiger partial charge is 0.459 e. The molecule has 2 aromatic carbocycles. The maximum absolute atomic E-state index is 15.0. The molecule has 182 valence electrons.